The van der Waals surface area contributed by atoms with Gasteiger partial charge in [-0.1, -0.05) is 0 Å². The van der Waals surface area contributed by atoms with Gasteiger partial charge in [0.15, 0.2) is 0 Å². The van der Waals surface area contributed by atoms with E-state index in [0.29, 0.717) is 0 Å². The maximum atomic E-state index is 11.6. The van der Waals surface area contributed by atoms with Crippen LogP contribution in [0.1, 0.15) is 27.2 Å². The molecule has 0 aromatic heterocycles. The summed E-state index contributed by atoms with van der Waals surface area (Å²) < 4.78 is 5.14. The molecule has 0 rings (SSSR count). The standard InChI is InChI=1S/C10H18N2O2/c1-8(7-11)12(4)9(13)6-10(2,3)14-5/h8H,6H2,1-5H3. The molecule has 0 fully saturated rings. The van der Waals surface area contributed by atoms with Crippen LogP contribution in [0.4, 0.5) is 0 Å². The van der Waals surface area contributed by atoms with Crippen LogP contribution in [0.3, 0.4) is 0 Å². The smallest absolute Gasteiger partial charge is 0.226 e. The summed E-state index contributed by atoms with van der Waals surface area (Å²) in [5, 5.41) is 8.63. The average molecular weight is 198 g/mol. The fraction of sp³-hybridized carbons (Fsp3) is 0.800. The molecule has 1 unspecified atom stereocenters. The van der Waals surface area contributed by atoms with Gasteiger partial charge in [0.05, 0.1) is 18.1 Å². The fourth-order valence-electron chi connectivity index (χ4n) is 0.864. The van der Waals surface area contributed by atoms with Crippen molar-refractivity contribution in [2.45, 2.75) is 38.8 Å². The van der Waals surface area contributed by atoms with Crippen molar-refractivity contribution >= 4 is 5.91 Å². The van der Waals surface area contributed by atoms with Gasteiger partial charge in [0.2, 0.25) is 5.91 Å². The lowest BCUT2D eigenvalue weighted by atomic mass is 10.0. The zero-order valence-corrected chi connectivity index (χ0v) is 9.50. The number of carbonyl (C=O) groups excluding carboxylic acids is 1. The minimum Gasteiger partial charge on any atom is -0.378 e. The van der Waals surface area contributed by atoms with Gasteiger partial charge in [0, 0.05) is 14.2 Å². The topological polar surface area (TPSA) is 53.3 Å². The van der Waals surface area contributed by atoms with E-state index >= 15 is 0 Å². The number of rotatable bonds is 4. The van der Waals surface area contributed by atoms with Crippen LogP contribution >= 0.6 is 0 Å². The van der Waals surface area contributed by atoms with Crippen LogP contribution in [0.2, 0.25) is 0 Å². The average Bonchev–Trinajstić information content (AvgIpc) is 2.14. The summed E-state index contributed by atoms with van der Waals surface area (Å²) in [6.07, 6.45) is 0.284. The number of hydrogen-bond donors (Lipinski definition) is 0. The van der Waals surface area contributed by atoms with E-state index in [0.717, 1.165) is 0 Å². The van der Waals surface area contributed by atoms with Crippen LogP contribution in [0.25, 0.3) is 0 Å². The van der Waals surface area contributed by atoms with Crippen molar-refractivity contribution in [1.82, 2.24) is 4.90 Å². The molecule has 1 amide bonds. The minimum absolute atomic E-state index is 0.0779. The van der Waals surface area contributed by atoms with Crippen molar-refractivity contribution in [3.05, 3.63) is 0 Å². The molecule has 0 aromatic rings. The van der Waals surface area contributed by atoms with Gasteiger partial charge in [-0.15, -0.1) is 0 Å². The van der Waals surface area contributed by atoms with Gasteiger partial charge in [-0.2, -0.15) is 5.26 Å². The van der Waals surface area contributed by atoms with Gasteiger partial charge in [-0.3, -0.25) is 4.79 Å². The number of hydrogen-bond acceptors (Lipinski definition) is 3. The normalized spacial score (nSPS) is 13.1. The lowest BCUT2D eigenvalue weighted by Gasteiger charge is -2.26. The van der Waals surface area contributed by atoms with Crippen molar-refractivity contribution in [3.63, 3.8) is 0 Å². The highest BCUT2D eigenvalue weighted by atomic mass is 16.5. The van der Waals surface area contributed by atoms with Crippen molar-refractivity contribution in [3.8, 4) is 6.07 Å². The quantitative estimate of drug-likeness (QED) is 0.681. The second-order valence-corrected chi connectivity index (χ2v) is 3.95. The van der Waals surface area contributed by atoms with Gasteiger partial charge < -0.3 is 9.64 Å². The highest BCUT2D eigenvalue weighted by Crippen LogP contribution is 2.14. The molecular formula is C10H18N2O2. The first-order chi connectivity index (χ1) is 6.34. The lowest BCUT2D eigenvalue weighted by Crippen LogP contribution is -2.39. The number of methoxy groups -OCH3 is 1. The zero-order chi connectivity index (χ0) is 11.4. The number of nitrogens with zero attached hydrogens (tertiary/aromatic N) is 2. The summed E-state index contributed by atoms with van der Waals surface area (Å²) in [6.45, 7) is 5.38. The van der Waals surface area contributed by atoms with Crippen molar-refractivity contribution in [2.24, 2.45) is 0 Å². The van der Waals surface area contributed by atoms with Crippen LogP contribution in [0.5, 0.6) is 0 Å². The molecule has 0 aromatic carbocycles. The molecular weight excluding hydrogens is 180 g/mol. The van der Waals surface area contributed by atoms with E-state index in [4.69, 9.17) is 10.00 Å². The first-order valence-corrected chi connectivity index (χ1v) is 4.54. The molecule has 0 saturated heterocycles. The minimum atomic E-state index is -0.472. The Bertz CT molecular complexity index is 243. The second kappa shape index (κ2) is 4.97. The van der Waals surface area contributed by atoms with Gasteiger partial charge >= 0.3 is 0 Å². The van der Waals surface area contributed by atoms with Crippen LogP contribution in [-0.2, 0) is 9.53 Å². The van der Waals surface area contributed by atoms with Crippen molar-refractivity contribution in [1.29, 1.82) is 5.26 Å². The molecule has 0 N–H and O–H groups in total. The summed E-state index contributed by atoms with van der Waals surface area (Å²) in [5.41, 5.74) is -0.472. The van der Waals surface area contributed by atoms with E-state index in [1.165, 1.54) is 4.90 Å². The molecule has 0 aliphatic rings. The second-order valence-electron chi connectivity index (χ2n) is 3.95. The van der Waals surface area contributed by atoms with Gasteiger partial charge in [-0.25, -0.2) is 0 Å². The third-order valence-electron chi connectivity index (χ3n) is 2.29. The van der Waals surface area contributed by atoms with Gasteiger partial charge in [0.25, 0.3) is 0 Å². The summed E-state index contributed by atoms with van der Waals surface area (Å²) in [4.78, 5) is 13.0. The summed E-state index contributed by atoms with van der Waals surface area (Å²) >= 11 is 0. The van der Waals surface area contributed by atoms with Crippen LogP contribution < -0.4 is 0 Å². The summed E-state index contributed by atoms with van der Waals surface area (Å²) in [5.74, 6) is -0.0779. The Hall–Kier alpha value is -1.08. The first kappa shape index (κ1) is 12.9. The Balaban J connectivity index is 4.30. The maximum Gasteiger partial charge on any atom is 0.226 e. The molecule has 0 saturated carbocycles. The number of nitriles is 1. The van der Waals surface area contributed by atoms with E-state index in [1.54, 1.807) is 21.1 Å². The molecule has 0 aliphatic carbocycles. The Labute approximate surface area is 85.5 Å². The lowest BCUT2D eigenvalue weighted by molar-refractivity contribution is -0.136. The predicted molar refractivity (Wildman–Crippen MR) is 53.6 cm³/mol. The summed E-state index contributed by atoms with van der Waals surface area (Å²) in [7, 11) is 3.20. The van der Waals surface area contributed by atoms with E-state index in [9.17, 15) is 4.79 Å². The van der Waals surface area contributed by atoms with E-state index < -0.39 is 11.6 Å². The van der Waals surface area contributed by atoms with Gasteiger partial charge in [0.1, 0.15) is 6.04 Å². The van der Waals surface area contributed by atoms with Crippen molar-refractivity contribution in [2.75, 3.05) is 14.2 Å². The third-order valence-corrected chi connectivity index (χ3v) is 2.29. The van der Waals surface area contributed by atoms with Crippen LogP contribution in [0.15, 0.2) is 0 Å². The number of ether oxygens (including phenoxy) is 1. The first-order valence-electron chi connectivity index (χ1n) is 4.54. The van der Waals surface area contributed by atoms with E-state index in [2.05, 4.69) is 0 Å². The Kier molecular flexibility index (Phi) is 4.58. The molecule has 0 bridgehead atoms. The molecule has 0 radical (unpaired) electrons. The SMILES string of the molecule is COC(C)(C)CC(=O)N(C)C(C)C#N. The Morgan fingerprint density at radius 1 is 1.64 bits per heavy atom. The molecule has 0 aliphatic heterocycles. The molecule has 80 valence electrons. The highest BCUT2D eigenvalue weighted by Gasteiger charge is 2.25. The Morgan fingerprint density at radius 2 is 2.14 bits per heavy atom. The number of carbonyl (C=O) groups is 1. The van der Waals surface area contributed by atoms with Gasteiger partial charge in [-0.05, 0) is 20.8 Å². The third kappa shape index (κ3) is 3.75. The fourth-order valence-corrected chi connectivity index (χ4v) is 0.864. The molecule has 14 heavy (non-hydrogen) atoms. The maximum absolute atomic E-state index is 11.6. The summed E-state index contributed by atoms with van der Waals surface area (Å²) in [6, 6.07) is 1.62. The highest BCUT2D eigenvalue weighted by molar-refractivity contribution is 5.77. The van der Waals surface area contributed by atoms with E-state index in [1.807, 2.05) is 19.9 Å². The molecule has 1 atom stereocenters. The number of amides is 1. The van der Waals surface area contributed by atoms with Crippen LogP contribution in [-0.4, -0.2) is 36.6 Å². The molecule has 4 heteroatoms. The Morgan fingerprint density at radius 3 is 2.50 bits per heavy atom. The molecule has 4 nitrogen and oxygen atoms in total. The van der Waals surface area contributed by atoms with Crippen molar-refractivity contribution < 1.29 is 9.53 Å². The largest absolute Gasteiger partial charge is 0.378 e. The molecule has 0 heterocycles. The van der Waals surface area contributed by atoms with E-state index in [-0.39, 0.29) is 12.3 Å². The predicted octanol–water partition coefficient (Wildman–Crippen LogP) is 1.17. The monoisotopic (exact) mass is 198 g/mol. The zero-order valence-electron chi connectivity index (χ0n) is 9.50. The van der Waals surface area contributed by atoms with Crippen LogP contribution in [0, 0.1) is 11.3 Å². The molecule has 0 spiro atoms.